The molecule has 8 nitrogen and oxygen atoms in total. The van der Waals surface area contributed by atoms with Crippen LogP contribution in [0, 0.1) is 0 Å². The van der Waals surface area contributed by atoms with Crippen molar-refractivity contribution in [1.29, 1.82) is 0 Å². The van der Waals surface area contributed by atoms with Crippen LogP contribution in [0.5, 0.6) is 0 Å². The predicted molar refractivity (Wildman–Crippen MR) is 263 cm³/mol. The summed E-state index contributed by atoms with van der Waals surface area (Å²) < 4.78 is 23.6. The lowest BCUT2D eigenvalue weighted by atomic mass is 10.0. The number of aliphatic hydroxyl groups excluding tert-OH is 1. The van der Waals surface area contributed by atoms with Crippen LogP contribution in [0.1, 0.15) is 226 Å². The lowest BCUT2D eigenvalue weighted by molar-refractivity contribution is -0.870. The summed E-state index contributed by atoms with van der Waals surface area (Å²) in [7, 11) is 1.54. The topological polar surface area (TPSA) is 105 Å². The molecule has 0 saturated heterocycles. The first kappa shape index (κ1) is 59.5. The number of rotatable bonds is 46. The molecule has 0 rings (SSSR count). The second kappa shape index (κ2) is 43.7. The maximum absolute atomic E-state index is 12.9. The molecule has 0 heterocycles. The Hall–Kier alpha value is -1.54. The fourth-order valence-corrected chi connectivity index (χ4v) is 7.92. The first-order valence-corrected chi connectivity index (χ1v) is 27.0. The van der Waals surface area contributed by atoms with Gasteiger partial charge in [0.25, 0.3) is 0 Å². The van der Waals surface area contributed by atoms with Crippen molar-refractivity contribution in [2.45, 2.75) is 238 Å². The van der Waals surface area contributed by atoms with Crippen LogP contribution in [0.4, 0.5) is 0 Å². The van der Waals surface area contributed by atoms with Crippen molar-refractivity contribution in [3.63, 3.8) is 0 Å². The Morgan fingerprint density at radius 3 is 1.33 bits per heavy atom. The number of allylic oxidation sites excluding steroid dienone is 7. The Kier molecular flexibility index (Phi) is 42.6. The first-order valence-electron chi connectivity index (χ1n) is 25.5. The van der Waals surface area contributed by atoms with Crippen LogP contribution in [-0.2, 0) is 18.4 Å². The molecule has 0 aliphatic heterocycles. The minimum atomic E-state index is -4.35. The van der Waals surface area contributed by atoms with Crippen molar-refractivity contribution >= 4 is 13.7 Å². The third-order valence-electron chi connectivity index (χ3n) is 11.2. The molecule has 9 heteroatoms. The van der Waals surface area contributed by atoms with Gasteiger partial charge in [-0.05, 0) is 70.6 Å². The molecule has 0 radical (unpaired) electrons. The molecule has 3 N–H and O–H groups in total. The minimum absolute atomic E-state index is 0.0519. The van der Waals surface area contributed by atoms with Gasteiger partial charge in [-0.15, -0.1) is 0 Å². The molecule has 0 bridgehead atoms. The third kappa shape index (κ3) is 46.3. The van der Waals surface area contributed by atoms with E-state index in [1.807, 2.05) is 27.2 Å². The fourth-order valence-electron chi connectivity index (χ4n) is 7.19. The van der Waals surface area contributed by atoms with E-state index in [1.54, 1.807) is 6.08 Å². The highest BCUT2D eigenvalue weighted by Crippen LogP contribution is 2.43. The molecule has 0 aromatic rings. The summed E-state index contributed by atoms with van der Waals surface area (Å²) in [5.74, 6) is -0.196. The van der Waals surface area contributed by atoms with Crippen molar-refractivity contribution in [1.82, 2.24) is 5.32 Å². The Balaban J connectivity index is 4.38. The number of phosphoric ester groups is 1. The van der Waals surface area contributed by atoms with E-state index in [2.05, 4.69) is 55.6 Å². The molecular weight excluding hydrogens is 780 g/mol. The standard InChI is InChI=1S/C52H99N2O6P/c1-6-8-10-12-14-16-18-20-22-23-24-25-26-27-28-29-30-32-33-35-37-39-41-43-45-51(55)50(49-60-61(57,58)59-48-47-54(3,4)5)53-52(56)46-44-42-40-38-36-34-31-21-19-17-15-13-11-9-7-2/h17,19,29-30,35,37,43,45,50-51,55H,6-16,18,20-28,31-34,36,38-42,44,46-49H2,1-5H3,(H-,53,56,57,58)/p+1/b19-17-,30-29+,37-35+,45-43+. The molecule has 0 fully saturated rings. The van der Waals surface area contributed by atoms with E-state index in [0.717, 1.165) is 44.9 Å². The second-order valence-electron chi connectivity index (χ2n) is 18.5. The van der Waals surface area contributed by atoms with Crippen molar-refractivity contribution in [2.24, 2.45) is 0 Å². The summed E-state index contributed by atoms with van der Waals surface area (Å²) in [5.41, 5.74) is 0. The van der Waals surface area contributed by atoms with Crippen LogP contribution >= 0.6 is 7.82 Å². The molecule has 0 aromatic carbocycles. The Bertz CT molecular complexity index is 1130. The van der Waals surface area contributed by atoms with Gasteiger partial charge in [0.2, 0.25) is 5.91 Å². The smallest absolute Gasteiger partial charge is 0.387 e. The Morgan fingerprint density at radius 1 is 0.541 bits per heavy atom. The van der Waals surface area contributed by atoms with Crippen LogP contribution in [0.3, 0.4) is 0 Å². The van der Waals surface area contributed by atoms with Crippen LogP contribution in [0.2, 0.25) is 0 Å². The molecule has 358 valence electrons. The Morgan fingerprint density at radius 2 is 0.902 bits per heavy atom. The summed E-state index contributed by atoms with van der Waals surface area (Å²) in [5, 5.41) is 13.8. The molecule has 0 aliphatic carbocycles. The second-order valence-corrected chi connectivity index (χ2v) is 20.0. The summed E-state index contributed by atoms with van der Waals surface area (Å²) in [6, 6.07) is -0.872. The van der Waals surface area contributed by atoms with Crippen molar-refractivity contribution in [3.8, 4) is 0 Å². The van der Waals surface area contributed by atoms with Crippen LogP contribution in [0.15, 0.2) is 48.6 Å². The van der Waals surface area contributed by atoms with Crippen molar-refractivity contribution in [3.05, 3.63) is 48.6 Å². The number of hydrogen-bond donors (Lipinski definition) is 3. The van der Waals surface area contributed by atoms with Gasteiger partial charge in [-0.3, -0.25) is 13.8 Å². The van der Waals surface area contributed by atoms with Crippen LogP contribution < -0.4 is 5.32 Å². The van der Waals surface area contributed by atoms with E-state index in [0.29, 0.717) is 17.4 Å². The highest BCUT2D eigenvalue weighted by Gasteiger charge is 2.27. The maximum Gasteiger partial charge on any atom is 0.472 e. The highest BCUT2D eigenvalue weighted by molar-refractivity contribution is 7.47. The third-order valence-corrected chi connectivity index (χ3v) is 12.2. The van der Waals surface area contributed by atoms with Crippen molar-refractivity contribution in [2.75, 3.05) is 40.9 Å². The summed E-state index contributed by atoms with van der Waals surface area (Å²) in [4.78, 5) is 23.2. The normalized spacial score (nSPS) is 14.5. The highest BCUT2D eigenvalue weighted by atomic mass is 31.2. The van der Waals surface area contributed by atoms with Gasteiger partial charge in [0.1, 0.15) is 13.2 Å². The number of aliphatic hydroxyl groups is 1. The average molecular weight is 880 g/mol. The monoisotopic (exact) mass is 880 g/mol. The first-order chi connectivity index (χ1) is 29.5. The maximum atomic E-state index is 12.9. The lowest BCUT2D eigenvalue weighted by Gasteiger charge is -2.25. The molecule has 0 aromatic heterocycles. The van der Waals surface area contributed by atoms with Crippen LogP contribution in [0.25, 0.3) is 0 Å². The minimum Gasteiger partial charge on any atom is -0.387 e. The van der Waals surface area contributed by atoms with Gasteiger partial charge < -0.3 is 19.8 Å². The molecule has 0 spiro atoms. The summed E-state index contributed by atoms with van der Waals surface area (Å²) in [6.45, 7) is 4.78. The number of carbonyl (C=O) groups is 1. The molecule has 3 unspecified atom stereocenters. The largest absolute Gasteiger partial charge is 0.472 e. The zero-order valence-electron chi connectivity index (χ0n) is 40.7. The number of nitrogens with zero attached hydrogens (tertiary/aromatic N) is 1. The SMILES string of the molecule is CCCCCC/C=C\CCCCCCCCCC(=O)NC(COP(=O)(O)OCC[N+](C)(C)C)C(O)/C=C/CC/C=C/CC/C=C/CCCCCCCCCCCCCCCC. The fraction of sp³-hybridized carbons (Fsp3) is 0.827. The van der Waals surface area contributed by atoms with Gasteiger partial charge in [-0.25, -0.2) is 4.57 Å². The number of nitrogens with one attached hydrogen (secondary N) is 1. The molecule has 61 heavy (non-hydrogen) atoms. The molecule has 1 amide bonds. The molecule has 3 atom stereocenters. The number of amides is 1. The zero-order chi connectivity index (χ0) is 45.0. The predicted octanol–water partition coefficient (Wildman–Crippen LogP) is 14.8. The van der Waals surface area contributed by atoms with Gasteiger partial charge in [-0.2, -0.15) is 0 Å². The van der Waals surface area contributed by atoms with Gasteiger partial charge in [0, 0.05) is 6.42 Å². The summed E-state index contributed by atoms with van der Waals surface area (Å²) >= 11 is 0. The number of quaternary nitrogens is 1. The number of phosphoric acid groups is 1. The van der Waals surface area contributed by atoms with Crippen molar-refractivity contribution < 1.29 is 32.9 Å². The average Bonchev–Trinajstić information content (AvgIpc) is 3.21. The van der Waals surface area contributed by atoms with E-state index in [-0.39, 0.29) is 19.1 Å². The lowest BCUT2D eigenvalue weighted by Crippen LogP contribution is -2.45. The molecular formula is C52H100N2O6P+. The van der Waals surface area contributed by atoms with Gasteiger partial charge in [0.15, 0.2) is 0 Å². The summed E-state index contributed by atoms with van der Waals surface area (Å²) in [6.07, 6.45) is 56.3. The number of carbonyl (C=O) groups excluding carboxylic acids is 1. The van der Waals surface area contributed by atoms with Gasteiger partial charge in [0.05, 0.1) is 39.9 Å². The van der Waals surface area contributed by atoms with E-state index in [9.17, 15) is 19.4 Å². The zero-order valence-corrected chi connectivity index (χ0v) is 41.5. The Labute approximate surface area is 378 Å². The molecule has 0 saturated carbocycles. The van der Waals surface area contributed by atoms with Crippen LogP contribution in [-0.4, -0.2) is 73.4 Å². The van der Waals surface area contributed by atoms with E-state index in [1.165, 1.54) is 161 Å². The van der Waals surface area contributed by atoms with Gasteiger partial charge >= 0.3 is 7.82 Å². The molecule has 0 aliphatic rings. The number of unbranched alkanes of at least 4 members (excludes halogenated alkanes) is 27. The quantitative estimate of drug-likeness (QED) is 0.0243. The number of hydrogen-bond acceptors (Lipinski definition) is 5. The van der Waals surface area contributed by atoms with E-state index >= 15 is 0 Å². The van der Waals surface area contributed by atoms with E-state index in [4.69, 9.17) is 9.05 Å². The van der Waals surface area contributed by atoms with E-state index < -0.39 is 20.0 Å². The van der Waals surface area contributed by atoms with Gasteiger partial charge in [-0.1, -0.05) is 197 Å². The number of likely N-dealkylation sites (N-methyl/N-ethyl adjacent to an activating group) is 1.